The number of benzene rings is 5. The first-order chi connectivity index (χ1) is 31.6. The van der Waals surface area contributed by atoms with Gasteiger partial charge in [0.2, 0.25) is 12.1 Å². The van der Waals surface area contributed by atoms with Gasteiger partial charge in [-0.2, -0.15) is 20.5 Å². The zero-order chi connectivity index (χ0) is 47.9. The summed E-state index contributed by atoms with van der Waals surface area (Å²) in [5, 5.41) is 27.0. The number of carbonyl (C=O) groups is 6. The number of hydrogen-bond donors (Lipinski definition) is 4. The lowest BCUT2D eigenvalue weighted by Gasteiger charge is -2.19. The molecule has 0 radical (unpaired) electrons. The van der Waals surface area contributed by atoms with Crippen molar-refractivity contribution >= 4 is 116 Å². The summed E-state index contributed by atoms with van der Waals surface area (Å²) in [7, 11) is 2.55. The van der Waals surface area contributed by atoms with Gasteiger partial charge in [0.15, 0.2) is 23.1 Å². The van der Waals surface area contributed by atoms with E-state index in [0.29, 0.717) is 36.0 Å². The Balaban J connectivity index is 1.28. The third-order valence-corrected chi connectivity index (χ3v) is 10.5. The number of hydrogen-bond acceptors (Lipinski definition) is 12. The zero-order valence-electron chi connectivity index (χ0n) is 35.8. The van der Waals surface area contributed by atoms with E-state index in [2.05, 4.69) is 41.7 Å². The Bertz CT molecular complexity index is 2500. The van der Waals surface area contributed by atoms with E-state index in [1.54, 1.807) is 24.3 Å². The van der Waals surface area contributed by atoms with Crippen molar-refractivity contribution in [1.82, 2.24) is 0 Å². The Morgan fingerprint density at radius 2 is 0.894 bits per heavy atom. The Morgan fingerprint density at radius 1 is 0.530 bits per heavy atom. The molecule has 0 saturated carbocycles. The average molecular weight is 977 g/mol. The standard InChI is InChI=1S/C46H42Cl4N8O8/c1-25(59)39(57-55-31-13-15-35(49)33(23-31)43(61)51-29-9-5-27(6-10-29)19-21-47)45(63)53-37-17-18-38(42(66-4)41(37)65-3)54-46(64)40(26(2)60)58-56-32-14-16-36(50)34(24-32)44(62)52-30-11-7-28(8-12-30)20-22-48/h5-18,23-24,39-40H,19-22H2,1-4H3,(H,51,61)(H,52,62)(H,53,63)(H,54,64). The molecule has 342 valence electrons. The third-order valence-electron chi connectivity index (χ3n) is 9.46. The summed E-state index contributed by atoms with van der Waals surface area (Å²) in [5.74, 6) is -3.39. The molecule has 0 aromatic heterocycles. The van der Waals surface area contributed by atoms with Gasteiger partial charge in [0.05, 0.1) is 58.1 Å². The number of aryl methyl sites for hydroxylation is 2. The molecule has 5 aromatic carbocycles. The van der Waals surface area contributed by atoms with Crippen LogP contribution < -0.4 is 30.7 Å². The van der Waals surface area contributed by atoms with E-state index >= 15 is 0 Å². The minimum Gasteiger partial charge on any atom is -0.491 e. The van der Waals surface area contributed by atoms with Crippen LogP contribution in [0.1, 0.15) is 45.7 Å². The average Bonchev–Trinajstić information content (AvgIpc) is 3.29. The molecule has 66 heavy (non-hydrogen) atoms. The quantitative estimate of drug-likeness (QED) is 0.0333. The van der Waals surface area contributed by atoms with Crippen LogP contribution in [-0.4, -0.2) is 73.3 Å². The van der Waals surface area contributed by atoms with Crippen LogP contribution >= 0.6 is 46.4 Å². The Kier molecular flexibility index (Phi) is 18.3. The number of ether oxygens (including phenoxy) is 2. The molecule has 20 heteroatoms. The van der Waals surface area contributed by atoms with E-state index in [9.17, 15) is 28.8 Å². The van der Waals surface area contributed by atoms with Crippen LogP contribution in [0.15, 0.2) is 118 Å². The van der Waals surface area contributed by atoms with E-state index in [0.717, 1.165) is 25.0 Å². The van der Waals surface area contributed by atoms with E-state index in [-0.39, 0.29) is 55.4 Å². The number of anilines is 4. The predicted octanol–water partition coefficient (Wildman–Crippen LogP) is 10.4. The minimum atomic E-state index is -1.65. The Hall–Kier alpha value is -6.72. The fraction of sp³-hybridized carbons (Fsp3) is 0.217. The molecule has 0 bridgehead atoms. The summed E-state index contributed by atoms with van der Waals surface area (Å²) >= 11 is 24.3. The predicted molar refractivity (Wildman–Crippen MR) is 255 cm³/mol. The monoisotopic (exact) mass is 974 g/mol. The molecule has 2 atom stereocenters. The van der Waals surface area contributed by atoms with Crippen molar-refractivity contribution in [2.45, 2.75) is 38.8 Å². The van der Waals surface area contributed by atoms with Gasteiger partial charge >= 0.3 is 0 Å². The SMILES string of the molecule is COc1c(NC(=O)C(N=Nc2ccc(Cl)c(C(=O)Nc3ccc(CCCl)cc3)c2)C(C)=O)ccc(NC(=O)C(N=Nc2ccc(Cl)c(C(=O)Nc3ccc(CCCl)cc3)c2)C(C)=O)c1OC. The second-order valence-electron chi connectivity index (χ2n) is 14.2. The summed E-state index contributed by atoms with van der Waals surface area (Å²) in [5.41, 5.74) is 3.50. The highest BCUT2D eigenvalue weighted by atomic mass is 35.5. The third kappa shape index (κ3) is 13.4. The lowest BCUT2D eigenvalue weighted by Crippen LogP contribution is -2.32. The van der Waals surface area contributed by atoms with Crippen molar-refractivity contribution in [1.29, 1.82) is 0 Å². The highest BCUT2D eigenvalue weighted by Crippen LogP contribution is 2.42. The highest BCUT2D eigenvalue weighted by molar-refractivity contribution is 6.35. The van der Waals surface area contributed by atoms with Crippen LogP contribution in [0.25, 0.3) is 0 Å². The van der Waals surface area contributed by atoms with Gasteiger partial charge in [-0.3, -0.25) is 28.8 Å². The first-order valence-corrected chi connectivity index (χ1v) is 21.7. The van der Waals surface area contributed by atoms with Crippen LogP contribution in [0, 0.1) is 0 Å². The normalized spacial score (nSPS) is 12.0. The number of methoxy groups -OCH3 is 2. The summed E-state index contributed by atoms with van der Waals surface area (Å²) in [6.45, 7) is 2.30. The maximum absolute atomic E-state index is 13.5. The first kappa shape index (κ1) is 50.3. The molecule has 0 aliphatic rings. The molecule has 0 spiro atoms. The fourth-order valence-corrected chi connectivity index (χ4v) is 6.92. The molecular weight excluding hydrogens is 934 g/mol. The summed E-state index contributed by atoms with van der Waals surface area (Å²) < 4.78 is 11.1. The van der Waals surface area contributed by atoms with Crippen LogP contribution in [-0.2, 0) is 32.0 Å². The van der Waals surface area contributed by atoms with Crippen LogP contribution in [0.4, 0.5) is 34.1 Å². The van der Waals surface area contributed by atoms with Gasteiger partial charge in [-0.25, -0.2) is 0 Å². The number of azo groups is 2. The van der Waals surface area contributed by atoms with E-state index in [1.165, 1.54) is 62.8 Å². The van der Waals surface area contributed by atoms with E-state index in [1.807, 2.05) is 24.3 Å². The van der Waals surface area contributed by atoms with E-state index in [4.69, 9.17) is 55.9 Å². The van der Waals surface area contributed by atoms with Crippen LogP contribution in [0.3, 0.4) is 0 Å². The highest BCUT2D eigenvalue weighted by Gasteiger charge is 2.28. The molecule has 0 aliphatic heterocycles. The van der Waals surface area contributed by atoms with Gasteiger partial charge < -0.3 is 30.7 Å². The molecule has 0 heterocycles. The van der Waals surface area contributed by atoms with Crippen molar-refractivity contribution in [3.63, 3.8) is 0 Å². The van der Waals surface area contributed by atoms with Gasteiger partial charge in [-0.1, -0.05) is 47.5 Å². The summed E-state index contributed by atoms with van der Waals surface area (Å²) in [6, 6.07) is 22.2. The van der Waals surface area contributed by atoms with Crippen molar-refractivity contribution in [3.8, 4) is 11.5 Å². The fourth-order valence-electron chi connectivity index (χ4n) is 6.08. The first-order valence-electron chi connectivity index (χ1n) is 19.9. The number of halogens is 4. The molecule has 0 saturated heterocycles. The molecule has 16 nitrogen and oxygen atoms in total. The zero-order valence-corrected chi connectivity index (χ0v) is 38.8. The number of amides is 4. The number of nitrogens with zero attached hydrogens (tertiary/aromatic N) is 4. The van der Waals surface area contributed by atoms with Gasteiger partial charge in [0, 0.05) is 23.1 Å². The Labute approximate surface area is 399 Å². The molecule has 4 N–H and O–H groups in total. The molecule has 0 fully saturated rings. The second-order valence-corrected chi connectivity index (χ2v) is 15.7. The van der Waals surface area contributed by atoms with Crippen LogP contribution in [0.5, 0.6) is 11.5 Å². The number of nitrogens with one attached hydrogen (secondary N) is 4. The molecule has 0 aliphatic carbocycles. The van der Waals surface area contributed by atoms with Gasteiger partial charge in [-0.05, 0) is 111 Å². The molecule has 5 aromatic rings. The Morgan fingerprint density at radius 3 is 1.21 bits per heavy atom. The summed E-state index contributed by atoms with van der Waals surface area (Å²) in [4.78, 5) is 78.6. The van der Waals surface area contributed by atoms with Crippen molar-refractivity contribution in [3.05, 3.63) is 129 Å². The molecule has 2 unspecified atom stereocenters. The smallest absolute Gasteiger partial charge is 0.258 e. The van der Waals surface area contributed by atoms with Crippen molar-refractivity contribution < 1.29 is 38.2 Å². The lowest BCUT2D eigenvalue weighted by atomic mass is 10.1. The molecule has 5 rings (SSSR count). The maximum atomic E-state index is 13.5. The summed E-state index contributed by atoms with van der Waals surface area (Å²) in [6.07, 6.45) is 1.35. The second kappa shape index (κ2) is 24.0. The van der Waals surface area contributed by atoms with Gasteiger partial charge in [-0.15, -0.1) is 23.2 Å². The van der Waals surface area contributed by atoms with E-state index < -0.39 is 47.3 Å². The number of carbonyl (C=O) groups excluding carboxylic acids is 6. The number of alkyl halides is 2. The number of Topliss-reactive ketones (excluding diaryl/α,β-unsaturated/α-hetero) is 2. The van der Waals surface area contributed by atoms with Crippen molar-refractivity contribution in [2.75, 3.05) is 47.2 Å². The topological polar surface area (TPSA) is 218 Å². The number of ketones is 2. The van der Waals surface area contributed by atoms with Crippen molar-refractivity contribution in [2.24, 2.45) is 20.5 Å². The van der Waals surface area contributed by atoms with Gasteiger partial charge in [0.25, 0.3) is 23.6 Å². The largest absolute Gasteiger partial charge is 0.491 e. The minimum absolute atomic E-state index is 0.0219. The maximum Gasteiger partial charge on any atom is 0.258 e. The van der Waals surface area contributed by atoms with Gasteiger partial charge in [0.1, 0.15) is 0 Å². The molecule has 4 amide bonds. The number of rotatable bonds is 20. The lowest BCUT2D eigenvalue weighted by molar-refractivity contribution is -0.127. The molecular formula is C46H42Cl4N8O8. The van der Waals surface area contributed by atoms with Crippen LogP contribution in [0.2, 0.25) is 10.0 Å².